The molecule has 2 aromatic rings. The van der Waals surface area contributed by atoms with Crippen molar-refractivity contribution in [2.45, 2.75) is 31.8 Å². The number of hydrogen-bond donors (Lipinski definition) is 0. The molecule has 0 aromatic heterocycles. The van der Waals surface area contributed by atoms with Crippen molar-refractivity contribution in [2.75, 3.05) is 4.90 Å². The van der Waals surface area contributed by atoms with E-state index in [0.29, 0.717) is 5.92 Å². The maximum absolute atomic E-state index is 14.4. The van der Waals surface area contributed by atoms with Gasteiger partial charge >= 0.3 is 0 Å². The Morgan fingerprint density at radius 3 is 2.28 bits per heavy atom. The Labute approximate surface area is 165 Å². The van der Waals surface area contributed by atoms with E-state index in [0.717, 1.165) is 23.2 Å². The highest BCUT2D eigenvalue weighted by Crippen LogP contribution is 2.55. The van der Waals surface area contributed by atoms with Crippen molar-refractivity contribution >= 4 is 5.69 Å². The van der Waals surface area contributed by atoms with Gasteiger partial charge in [-0.3, -0.25) is 0 Å². The number of rotatable bonds is 2. The molecule has 0 bridgehead atoms. The first-order valence-electron chi connectivity index (χ1n) is 9.61. The maximum Gasteiger partial charge on any atom is 0.200 e. The number of anilines is 1. The van der Waals surface area contributed by atoms with Gasteiger partial charge in [0.2, 0.25) is 5.82 Å². The monoisotopic (exact) mass is 403 g/mol. The van der Waals surface area contributed by atoms with Crippen LogP contribution in [-0.2, 0) is 6.54 Å². The molecule has 2 aliphatic carbocycles. The number of benzene rings is 2. The lowest BCUT2D eigenvalue weighted by Crippen LogP contribution is -2.37. The highest BCUT2D eigenvalue weighted by atomic mass is 19.2. The summed E-state index contributed by atoms with van der Waals surface area (Å²) in [5.41, 5.74) is 2.17. The summed E-state index contributed by atoms with van der Waals surface area (Å²) in [6.07, 6.45) is 9.05. The number of fused-ring (bicyclic) bond motifs is 5. The predicted octanol–water partition coefficient (Wildman–Crippen LogP) is 5.93. The zero-order valence-electron chi connectivity index (χ0n) is 15.6. The minimum atomic E-state index is -2.12. The smallest absolute Gasteiger partial charge is 0.200 e. The molecular formula is C23H18F5N. The number of nitrogens with zero attached hydrogens (tertiary/aromatic N) is 1. The molecule has 150 valence electrons. The Morgan fingerprint density at radius 2 is 1.55 bits per heavy atom. The highest BCUT2D eigenvalue weighted by Gasteiger charge is 2.50. The Kier molecular flexibility index (Phi) is 4.09. The Morgan fingerprint density at radius 1 is 0.897 bits per heavy atom. The van der Waals surface area contributed by atoms with Crippen LogP contribution in [0, 0.1) is 47.8 Å². The van der Waals surface area contributed by atoms with Gasteiger partial charge in [-0.1, -0.05) is 42.0 Å². The third kappa shape index (κ3) is 2.57. The zero-order valence-corrected chi connectivity index (χ0v) is 15.6. The molecule has 0 saturated heterocycles. The van der Waals surface area contributed by atoms with Crippen LogP contribution in [0.1, 0.15) is 29.0 Å². The first kappa shape index (κ1) is 18.4. The van der Waals surface area contributed by atoms with Gasteiger partial charge in [0.1, 0.15) is 0 Å². The minimum absolute atomic E-state index is 0.0898. The van der Waals surface area contributed by atoms with Crippen molar-refractivity contribution in [3.63, 3.8) is 0 Å². The van der Waals surface area contributed by atoms with E-state index in [9.17, 15) is 22.0 Å². The second-order valence-corrected chi connectivity index (χ2v) is 8.08. The fraction of sp³-hybridized carbons (Fsp3) is 0.304. The van der Waals surface area contributed by atoms with E-state index >= 15 is 0 Å². The second-order valence-electron chi connectivity index (χ2n) is 8.08. The molecule has 1 nitrogen and oxygen atoms in total. The van der Waals surface area contributed by atoms with Gasteiger partial charge in [0.15, 0.2) is 23.3 Å². The Bertz CT molecular complexity index is 1040. The summed E-state index contributed by atoms with van der Waals surface area (Å²) < 4.78 is 69.8. The van der Waals surface area contributed by atoms with Gasteiger partial charge < -0.3 is 4.90 Å². The lowest BCUT2D eigenvalue weighted by atomic mass is 9.89. The van der Waals surface area contributed by atoms with E-state index in [1.54, 1.807) is 0 Å². The standard InChI is InChI=1S/C23H18F5N/c1-11-6-7-17-14(8-11)15-9-12-4-2-3-5-13(12)23(15)29(17)10-16-18(24)20(26)22(28)21(27)19(16)25/h2-8,12-13,15,23H,9-10H2,1H3. The average molecular weight is 403 g/mol. The van der Waals surface area contributed by atoms with Crippen molar-refractivity contribution < 1.29 is 22.0 Å². The molecule has 4 atom stereocenters. The normalized spacial score (nSPS) is 26.6. The van der Waals surface area contributed by atoms with Gasteiger partial charge in [-0.25, -0.2) is 22.0 Å². The summed E-state index contributed by atoms with van der Waals surface area (Å²) >= 11 is 0. The van der Waals surface area contributed by atoms with Gasteiger partial charge in [0.25, 0.3) is 0 Å². The first-order valence-corrected chi connectivity index (χ1v) is 9.61. The third-order valence-corrected chi connectivity index (χ3v) is 6.51. The van der Waals surface area contributed by atoms with E-state index in [4.69, 9.17) is 0 Å². The lowest BCUT2D eigenvalue weighted by Gasteiger charge is -2.33. The molecule has 6 heteroatoms. The van der Waals surface area contributed by atoms with Crippen LogP contribution in [0.25, 0.3) is 0 Å². The SMILES string of the molecule is Cc1ccc2c(c1)C1CC3C=CC=CC3C1N2Cc1c(F)c(F)c(F)c(F)c1F. The molecule has 1 fully saturated rings. The second kappa shape index (κ2) is 6.44. The molecule has 29 heavy (non-hydrogen) atoms. The van der Waals surface area contributed by atoms with E-state index in [1.165, 1.54) is 0 Å². The zero-order chi connectivity index (χ0) is 20.4. The minimum Gasteiger partial charge on any atom is -0.363 e. The average Bonchev–Trinajstić information content (AvgIpc) is 3.23. The number of aryl methyl sites for hydroxylation is 1. The Hall–Kier alpha value is -2.63. The molecular weight excluding hydrogens is 385 g/mol. The Balaban J connectivity index is 1.63. The molecule has 1 saturated carbocycles. The molecule has 0 amide bonds. The summed E-state index contributed by atoms with van der Waals surface area (Å²) in [4.78, 5) is 1.83. The molecule has 0 spiro atoms. The van der Waals surface area contributed by atoms with Crippen LogP contribution in [0.15, 0.2) is 42.5 Å². The molecule has 0 N–H and O–H groups in total. The van der Waals surface area contributed by atoms with Crippen molar-refractivity contribution in [1.29, 1.82) is 0 Å². The molecule has 5 rings (SSSR count). The van der Waals surface area contributed by atoms with Crippen molar-refractivity contribution in [3.05, 3.63) is 88.3 Å². The maximum atomic E-state index is 14.4. The van der Waals surface area contributed by atoms with Crippen LogP contribution in [0.5, 0.6) is 0 Å². The predicted molar refractivity (Wildman–Crippen MR) is 100 cm³/mol. The summed E-state index contributed by atoms with van der Waals surface area (Å²) in [5, 5.41) is 0. The molecule has 4 unspecified atom stereocenters. The van der Waals surface area contributed by atoms with Crippen LogP contribution >= 0.6 is 0 Å². The third-order valence-electron chi connectivity index (χ3n) is 6.51. The van der Waals surface area contributed by atoms with E-state index in [-0.39, 0.29) is 24.4 Å². The van der Waals surface area contributed by atoms with Gasteiger partial charge in [0, 0.05) is 35.7 Å². The first-order chi connectivity index (χ1) is 13.9. The van der Waals surface area contributed by atoms with Gasteiger partial charge in [-0.05, 0) is 30.9 Å². The van der Waals surface area contributed by atoms with Crippen molar-refractivity contribution in [3.8, 4) is 0 Å². The molecule has 3 aliphatic rings. The van der Waals surface area contributed by atoms with Crippen LogP contribution in [0.2, 0.25) is 0 Å². The fourth-order valence-electron chi connectivity index (χ4n) is 5.25. The van der Waals surface area contributed by atoms with E-state index < -0.39 is 34.6 Å². The summed E-state index contributed by atoms with van der Waals surface area (Å²) in [7, 11) is 0. The summed E-state index contributed by atoms with van der Waals surface area (Å²) in [6, 6.07) is 5.76. The largest absolute Gasteiger partial charge is 0.363 e. The van der Waals surface area contributed by atoms with Crippen molar-refractivity contribution in [1.82, 2.24) is 0 Å². The molecule has 2 aromatic carbocycles. The van der Waals surface area contributed by atoms with Crippen LogP contribution in [0.3, 0.4) is 0 Å². The van der Waals surface area contributed by atoms with Gasteiger partial charge in [0.05, 0.1) is 0 Å². The van der Waals surface area contributed by atoms with E-state index in [2.05, 4.69) is 18.2 Å². The molecule has 0 radical (unpaired) electrons. The molecule has 1 aliphatic heterocycles. The topological polar surface area (TPSA) is 3.24 Å². The van der Waals surface area contributed by atoms with Crippen LogP contribution in [0.4, 0.5) is 27.6 Å². The van der Waals surface area contributed by atoms with E-state index in [1.807, 2.05) is 36.1 Å². The number of allylic oxidation sites excluding steroid dienone is 3. The summed E-state index contributed by atoms with van der Waals surface area (Å²) in [5.74, 6) is -8.87. The molecule has 1 heterocycles. The van der Waals surface area contributed by atoms with Crippen LogP contribution < -0.4 is 4.90 Å². The summed E-state index contributed by atoms with van der Waals surface area (Å²) in [6.45, 7) is 1.60. The quantitative estimate of drug-likeness (QED) is 0.342. The van der Waals surface area contributed by atoms with Crippen molar-refractivity contribution in [2.24, 2.45) is 11.8 Å². The highest BCUT2D eigenvalue weighted by molar-refractivity contribution is 5.65. The number of halogens is 5. The lowest BCUT2D eigenvalue weighted by molar-refractivity contribution is 0.366. The number of hydrogen-bond acceptors (Lipinski definition) is 1. The van der Waals surface area contributed by atoms with Gasteiger partial charge in [-0.15, -0.1) is 0 Å². The van der Waals surface area contributed by atoms with Crippen LogP contribution in [-0.4, -0.2) is 6.04 Å². The fourth-order valence-corrected chi connectivity index (χ4v) is 5.25. The van der Waals surface area contributed by atoms with Gasteiger partial charge in [-0.2, -0.15) is 0 Å².